The number of carbonyl (C=O) groups excluding carboxylic acids is 1. The third kappa shape index (κ3) is 4.87. The number of rotatable bonds is 7. The molecule has 1 aliphatic rings. The van der Waals surface area contributed by atoms with Crippen molar-refractivity contribution in [3.8, 4) is 0 Å². The summed E-state index contributed by atoms with van der Waals surface area (Å²) in [7, 11) is 1.60. The number of hydrogen-bond donors (Lipinski definition) is 1. The van der Waals surface area contributed by atoms with Crippen LogP contribution in [-0.4, -0.2) is 24.8 Å². The van der Waals surface area contributed by atoms with Gasteiger partial charge in [0.1, 0.15) is 0 Å². The molecule has 0 heterocycles. The Labute approximate surface area is 158 Å². The van der Waals surface area contributed by atoms with Crippen LogP contribution in [0.2, 0.25) is 0 Å². The van der Waals surface area contributed by atoms with Crippen LogP contribution in [-0.2, 0) is 16.6 Å². The van der Waals surface area contributed by atoms with Gasteiger partial charge in [-0.1, -0.05) is 30.8 Å². The molecule has 146 valence electrons. The monoisotopic (exact) mass is 378 g/mol. The number of benzene rings is 1. The number of allylic oxidation sites excluding steroid dienone is 2. The van der Waals surface area contributed by atoms with E-state index in [2.05, 4.69) is 16.9 Å². The second kappa shape index (κ2) is 8.11. The number of aryl methyl sites for hydroxylation is 1. The maximum atomic E-state index is 13.3. The zero-order valence-electron chi connectivity index (χ0n) is 15.9. The van der Waals surface area contributed by atoms with E-state index in [0.717, 1.165) is 30.2 Å². The minimum Gasteiger partial charge on any atom is -0.358 e. The zero-order valence-corrected chi connectivity index (χ0v) is 15.9. The van der Waals surface area contributed by atoms with Crippen molar-refractivity contribution in [3.63, 3.8) is 0 Å². The molecule has 1 amide bonds. The molecule has 0 saturated heterocycles. The third-order valence-corrected chi connectivity index (χ3v) is 4.78. The van der Waals surface area contributed by atoms with Crippen LogP contribution in [0.1, 0.15) is 44.2 Å². The zero-order chi connectivity index (χ0) is 20.2. The van der Waals surface area contributed by atoms with Crippen molar-refractivity contribution in [2.75, 3.05) is 7.05 Å². The summed E-state index contributed by atoms with van der Waals surface area (Å²) in [6.45, 7) is 6.91. The Morgan fingerprint density at radius 2 is 1.93 bits per heavy atom. The van der Waals surface area contributed by atoms with Crippen molar-refractivity contribution in [3.05, 3.63) is 59.3 Å². The number of amides is 1. The first-order valence-electron chi connectivity index (χ1n) is 8.89. The summed E-state index contributed by atoms with van der Waals surface area (Å²) in [6, 6.07) is 7.46. The topological polar surface area (TPSA) is 41.5 Å². The minimum absolute atomic E-state index is 0.00732. The van der Waals surface area contributed by atoms with Gasteiger partial charge < -0.3 is 5.32 Å². The van der Waals surface area contributed by atoms with Gasteiger partial charge in [0.2, 0.25) is 5.91 Å². The third-order valence-electron chi connectivity index (χ3n) is 4.78. The van der Waals surface area contributed by atoms with Gasteiger partial charge in [0.15, 0.2) is 0 Å². The standard InChI is InChI=1S/C21H25F3N2O/c1-14(2)26-13-18(21(22,23)24)15(3)9-10-16-7-5-6-8-17(16)20(11-12-20)19(27)25-4/h5-8,13H,3,9-12H2,1-2,4H3,(H,25,27)/b18-13+. The van der Waals surface area contributed by atoms with Gasteiger partial charge in [0.05, 0.1) is 11.0 Å². The average Bonchev–Trinajstić information content (AvgIpc) is 3.40. The fourth-order valence-corrected chi connectivity index (χ4v) is 3.17. The second-order valence-corrected chi connectivity index (χ2v) is 7.04. The van der Waals surface area contributed by atoms with Crippen LogP contribution in [0.4, 0.5) is 13.2 Å². The van der Waals surface area contributed by atoms with E-state index in [1.165, 1.54) is 0 Å². The molecule has 6 heteroatoms. The number of nitrogens with zero attached hydrogens (tertiary/aromatic N) is 1. The van der Waals surface area contributed by atoms with Crippen LogP contribution in [0.5, 0.6) is 0 Å². The second-order valence-electron chi connectivity index (χ2n) is 7.04. The summed E-state index contributed by atoms with van der Waals surface area (Å²) in [5.74, 6) is -0.0441. The highest BCUT2D eigenvalue weighted by atomic mass is 19.4. The molecule has 1 N–H and O–H groups in total. The molecule has 0 spiro atoms. The Balaban J connectivity index is 2.22. The summed E-state index contributed by atoms with van der Waals surface area (Å²) in [5, 5.41) is 2.69. The highest BCUT2D eigenvalue weighted by Crippen LogP contribution is 2.49. The van der Waals surface area contributed by atoms with Gasteiger partial charge >= 0.3 is 6.18 Å². The number of hydrogen-bond acceptors (Lipinski definition) is 2. The van der Waals surface area contributed by atoms with Crippen LogP contribution >= 0.6 is 0 Å². The predicted molar refractivity (Wildman–Crippen MR) is 102 cm³/mol. The maximum absolute atomic E-state index is 13.3. The van der Waals surface area contributed by atoms with Crippen LogP contribution in [0.15, 0.2) is 53.2 Å². The van der Waals surface area contributed by atoms with Crippen molar-refractivity contribution >= 4 is 11.6 Å². The minimum atomic E-state index is -4.50. The Morgan fingerprint density at radius 1 is 1.30 bits per heavy atom. The van der Waals surface area contributed by atoms with Crippen LogP contribution < -0.4 is 5.32 Å². The molecule has 0 atom stereocenters. The van der Waals surface area contributed by atoms with Gasteiger partial charge in [-0.05, 0) is 56.2 Å². The Hall–Kier alpha value is -2.37. The molecule has 3 nitrogen and oxygen atoms in total. The van der Waals surface area contributed by atoms with Crippen molar-refractivity contribution in [2.24, 2.45) is 4.99 Å². The van der Waals surface area contributed by atoms with E-state index in [4.69, 9.17) is 0 Å². The molecule has 2 rings (SSSR count). The molecule has 0 bridgehead atoms. The van der Waals surface area contributed by atoms with Gasteiger partial charge in [-0.25, -0.2) is 0 Å². The normalized spacial score (nSPS) is 15.9. The first-order valence-corrected chi connectivity index (χ1v) is 8.89. The van der Waals surface area contributed by atoms with Gasteiger partial charge in [-0.2, -0.15) is 13.2 Å². The van der Waals surface area contributed by atoms with Crippen molar-refractivity contribution in [2.45, 2.75) is 51.1 Å². The molecule has 0 radical (unpaired) electrons. The molecule has 0 aliphatic heterocycles. The fraction of sp³-hybridized carbons (Fsp3) is 0.429. The largest absolute Gasteiger partial charge is 0.418 e. The summed E-state index contributed by atoms with van der Waals surface area (Å²) in [6.07, 6.45) is -1.63. The van der Waals surface area contributed by atoms with E-state index in [0.29, 0.717) is 12.1 Å². The SMILES string of the molecule is C=C(CCc1ccccc1C1(C(=O)NC)CC1)/C(=C\N=C(C)C)C(F)(F)F. The molecular formula is C21H25F3N2O. The van der Waals surface area contributed by atoms with E-state index in [9.17, 15) is 18.0 Å². The van der Waals surface area contributed by atoms with Crippen molar-refractivity contribution < 1.29 is 18.0 Å². The maximum Gasteiger partial charge on any atom is 0.418 e. The van der Waals surface area contributed by atoms with Crippen molar-refractivity contribution in [1.29, 1.82) is 0 Å². The molecule has 27 heavy (non-hydrogen) atoms. The van der Waals surface area contributed by atoms with Gasteiger partial charge in [-0.3, -0.25) is 9.79 Å². The van der Waals surface area contributed by atoms with Crippen molar-refractivity contribution in [1.82, 2.24) is 5.32 Å². The lowest BCUT2D eigenvalue weighted by molar-refractivity contribution is -0.123. The number of carbonyl (C=O) groups is 1. The van der Waals surface area contributed by atoms with Gasteiger partial charge in [-0.15, -0.1) is 0 Å². The first-order chi connectivity index (χ1) is 12.6. The summed E-state index contributed by atoms with van der Waals surface area (Å²) in [4.78, 5) is 16.1. The smallest absolute Gasteiger partial charge is 0.358 e. The fourth-order valence-electron chi connectivity index (χ4n) is 3.17. The molecule has 1 aliphatic carbocycles. The van der Waals surface area contributed by atoms with Crippen LogP contribution in [0.25, 0.3) is 0 Å². The quantitative estimate of drug-likeness (QED) is 0.533. The average molecular weight is 378 g/mol. The molecular weight excluding hydrogens is 353 g/mol. The van der Waals surface area contributed by atoms with E-state index in [1.54, 1.807) is 20.9 Å². The van der Waals surface area contributed by atoms with Crippen LogP contribution in [0, 0.1) is 0 Å². The predicted octanol–water partition coefficient (Wildman–Crippen LogP) is 4.88. The van der Waals surface area contributed by atoms with E-state index >= 15 is 0 Å². The molecule has 1 aromatic carbocycles. The lowest BCUT2D eigenvalue weighted by Gasteiger charge is -2.19. The first kappa shape index (κ1) is 20.9. The molecule has 1 saturated carbocycles. The van der Waals surface area contributed by atoms with E-state index in [1.807, 2.05) is 24.3 Å². The number of alkyl halides is 3. The molecule has 0 aromatic heterocycles. The Morgan fingerprint density at radius 3 is 2.44 bits per heavy atom. The Kier molecular flexibility index (Phi) is 6.29. The number of likely N-dealkylation sites (N-methyl/N-ethyl adjacent to an activating group) is 1. The molecule has 1 aromatic rings. The molecule has 1 fully saturated rings. The number of aliphatic imine (C=N–C) groups is 1. The van der Waals surface area contributed by atoms with E-state index < -0.39 is 17.2 Å². The number of halogens is 3. The summed E-state index contributed by atoms with van der Waals surface area (Å²) < 4.78 is 40.0. The lowest BCUT2D eigenvalue weighted by atomic mass is 9.87. The van der Waals surface area contributed by atoms with Crippen LogP contribution in [0.3, 0.4) is 0 Å². The lowest BCUT2D eigenvalue weighted by Crippen LogP contribution is -2.32. The van der Waals surface area contributed by atoms with Gasteiger partial charge in [0, 0.05) is 19.0 Å². The van der Waals surface area contributed by atoms with Gasteiger partial charge in [0.25, 0.3) is 0 Å². The number of nitrogens with one attached hydrogen (secondary N) is 1. The van der Waals surface area contributed by atoms with E-state index in [-0.39, 0.29) is 17.9 Å². The Bertz CT molecular complexity index is 783. The summed E-state index contributed by atoms with van der Waals surface area (Å²) in [5.41, 5.74) is 0.962. The summed E-state index contributed by atoms with van der Waals surface area (Å²) >= 11 is 0. The highest BCUT2D eigenvalue weighted by molar-refractivity contribution is 5.91. The molecule has 0 unspecified atom stereocenters. The highest BCUT2D eigenvalue weighted by Gasteiger charge is 2.51.